The van der Waals surface area contributed by atoms with Gasteiger partial charge in [-0.25, -0.2) is 0 Å². The fourth-order valence-electron chi connectivity index (χ4n) is 4.81. The van der Waals surface area contributed by atoms with Crippen molar-refractivity contribution < 1.29 is 0 Å². The third-order valence-corrected chi connectivity index (χ3v) is 6.53. The molecule has 1 saturated carbocycles. The smallest absolute Gasteiger partial charge is 0.0849 e. The van der Waals surface area contributed by atoms with Crippen LogP contribution in [-0.2, 0) is 12.1 Å². The van der Waals surface area contributed by atoms with Crippen molar-refractivity contribution in [3.05, 3.63) is 108 Å². The molecule has 3 aromatic rings. The summed E-state index contributed by atoms with van der Waals surface area (Å²) in [5.74, 6) is 0. The molecule has 0 amide bonds. The molecular weight excluding hydrogens is 352 g/mol. The second kappa shape index (κ2) is 8.14. The van der Waals surface area contributed by atoms with E-state index in [0.717, 1.165) is 12.6 Å². The summed E-state index contributed by atoms with van der Waals surface area (Å²) < 4.78 is 0. The molecule has 29 heavy (non-hydrogen) atoms. The summed E-state index contributed by atoms with van der Waals surface area (Å²) in [6.07, 6.45) is 5.18. The fourth-order valence-corrected chi connectivity index (χ4v) is 4.81. The van der Waals surface area contributed by atoms with E-state index in [1.54, 1.807) is 0 Å². The molecule has 2 fully saturated rings. The highest BCUT2D eigenvalue weighted by atomic mass is 15.2. The molecule has 2 heteroatoms. The van der Waals surface area contributed by atoms with Crippen molar-refractivity contribution in [2.75, 3.05) is 6.54 Å². The first-order chi connectivity index (χ1) is 14.4. The van der Waals surface area contributed by atoms with E-state index in [1.807, 2.05) is 0 Å². The number of benzene rings is 3. The van der Waals surface area contributed by atoms with Crippen LogP contribution in [0.5, 0.6) is 0 Å². The van der Waals surface area contributed by atoms with Crippen molar-refractivity contribution in [3.63, 3.8) is 0 Å². The van der Waals surface area contributed by atoms with Gasteiger partial charge in [-0.05, 0) is 48.9 Å². The number of nitrogens with one attached hydrogen (secondary N) is 1. The number of nitrogens with zero attached hydrogens (tertiary/aromatic N) is 1. The lowest BCUT2D eigenvalue weighted by atomic mass is 9.86. The van der Waals surface area contributed by atoms with E-state index in [9.17, 15) is 0 Å². The van der Waals surface area contributed by atoms with E-state index in [1.165, 1.54) is 48.9 Å². The Hall–Kier alpha value is -2.42. The van der Waals surface area contributed by atoms with Gasteiger partial charge in [0.15, 0.2) is 0 Å². The van der Waals surface area contributed by atoms with Crippen molar-refractivity contribution in [1.29, 1.82) is 0 Å². The van der Waals surface area contributed by atoms with E-state index < -0.39 is 0 Å². The van der Waals surface area contributed by atoms with Gasteiger partial charge in [0.25, 0.3) is 0 Å². The minimum Gasteiger partial charge on any atom is -0.297 e. The lowest BCUT2D eigenvalue weighted by Gasteiger charge is -2.22. The van der Waals surface area contributed by atoms with Crippen LogP contribution in [-0.4, -0.2) is 23.5 Å². The van der Waals surface area contributed by atoms with Crippen LogP contribution < -0.4 is 5.32 Å². The molecule has 1 aliphatic carbocycles. The molecule has 2 aliphatic rings. The zero-order valence-electron chi connectivity index (χ0n) is 17.0. The van der Waals surface area contributed by atoms with Crippen LogP contribution in [0, 0.1) is 0 Å². The normalized spacial score (nSPS) is 20.0. The van der Waals surface area contributed by atoms with Crippen molar-refractivity contribution >= 4 is 0 Å². The summed E-state index contributed by atoms with van der Waals surface area (Å²) in [4.78, 5) is 2.70. The highest BCUT2D eigenvalue weighted by Crippen LogP contribution is 2.46. The molecule has 1 atom stereocenters. The van der Waals surface area contributed by atoms with Gasteiger partial charge in [-0.15, -0.1) is 0 Å². The summed E-state index contributed by atoms with van der Waals surface area (Å²) in [5, 5.41) is 3.86. The molecule has 1 unspecified atom stereocenters. The average Bonchev–Trinajstić information content (AvgIpc) is 3.70. The molecule has 5 rings (SSSR count). The molecule has 0 spiro atoms. The lowest BCUT2D eigenvalue weighted by Crippen LogP contribution is -2.27. The SMILES string of the molecule is c1ccc(CN(CCCC2NC2(c2ccccc2)c2ccccc2)C2CC2)cc1. The lowest BCUT2D eigenvalue weighted by molar-refractivity contribution is 0.249. The standard InChI is InChI=1S/C27H30N2/c1-4-11-22(12-5-1)21-29(25-18-19-25)20-10-17-26-27(28-26,23-13-6-2-7-14-23)24-15-8-3-9-16-24/h1-9,11-16,25-26,28H,10,17-21H2. The first-order valence-corrected chi connectivity index (χ1v) is 11.0. The van der Waals surface area contributed by atoms with E-state index >= 15 is 0 Å². The van der Waals surface area contributed by atoms with Gasteiger partial charge in [0.1, 0.15) is 0 Å². The predicted molar refractivity (Wildman–Crippen MR) is 120 cm³/mol. The van der Waals surface area contributed by atoms with Gasteiger partial charge in [0.2, 0.25) is 0 Å². The second-order valence-electron chi connectivity index (χ2n) is 8.57. The maximum Gasteiger partial charge on any atom is 0.0849 e. The van der Waals surface area contributed by atoms with E-state index in [2.05, 4.69) is 101 Å². The number of hydrogen-bond acceptors (Lipinski definition) is 2. The van der Waals surface area contributed by atoms with Crippen molar-refractivity contribution in [2.45, 2.75) is 49.9 Å². The summed E-state index contributed by atoms with van der Waals surface area (Å²) in [7, 11) is 0. The third kappa shape index (κ3) is 4.01. The van der Waals surface area contributed by atoms with E-state index in [4.69, 9.17) is 0 Å². The van der Waals surface area contributed by atoms with Crippen LogP contribution >= 0.6 is 0 Å². The maximum atomic E-state index is 3.86. The summed E-state index contributed by atoms with van der Waals surface area (Å²) in [5.41, 5.74) is 4.21. The quantitative estimate of drug-likeness (QED) is 0.505. The third-order valence-electron chi connectivity index (χ3n) is 6.53. The minimum absolute atomic E-state index is 0.00758. The molecule has 0 aromatic heterocycles. The molecule has 1 N–H and O–H groups in total. The molecule has 1 saturated heterocycles. The van der Waals surface area contributed by atoms with Gasteiger partial charge in [-0.2, -0.15) is 0 Å². The second-order valence-corrected chi connectivity index (χ2v) is 8.57. The highest BCUT2D eigenvalue weighted by Gasteiger charge is 2.55. The number of hydrogen-bond donors (Lipinski definition) is 1. The first kappa shape index (κ1) is 18.6. The van der Waals surface area contributed by atoms with Gasteiger partial charge in [-0.3, -0.25) is 10.2 Å². The Labute approximate surface area is 174 Å². The molecule has 0 bridgehead atoms. The molecule has 2 nitrogen and oxygen atoms in total. The molecule has 0 radical (unpaired) electrons. The number of rotatable bonds is 9. The van der Waals surface area contributed by atoms with Crippen LogP contribution in [0.15, 0.2) is 91.0 Å². The molecule has 3 aromatic carbocycles. The zero-order valence-corrected chi connectivity index (χ0v) is 17.0. The Morgan fingerprint density at radius 1 is 0.759 bits per heavy atom. The molecule has 1 heterocycles. The van der Waals surface area contributed by atoms with Crippen molar-refractivity contribution in [2.24, 2.45) is 0 Å². The summed E-state index contributed by atoms with van der Waals surface area (Å²) in [6, 6.07) is 34.2. The predicted octanol–water partition coefficient (Wildman–Crippen LogP) is 5.35. The van der Waals surface area contributed by atoms with E-state index in [0.29, 0.717) is 6.04 Å². The van der Waals surface area contributed by atoms with Crippen LogP contribution in [0.2, 0.25) is 0 Å². The largest absolute Gasteiger partial charge is 0.297 e. The van der Waals surface area contributed by atoms with Crippen LogP contribution in [0.4, 0.5) is 0 Å². The Kier molecular flexibility index (Phi) is 5.22. The van der Waals surface area contributed by atoms with Gasteiger partial charge >= 0.3 is 0 Å². The Morgan fingerprint density at radius 3 is 1.86 bits per heavy atom. The molecule has 1 aliphatic heterocycles. The highest BCUT2D eigenvalue weighted by molar-refractivity contribution is 5.47. The zero-order chi connectivity index (χ0) is 19.5. The summed E-state index contributed by atoms with van der Waals surface area (Å²) >= 11 is 0. The van der Waals surface area contributed by atoms with Crippen molar-refractivity contribution in [1.82, 2.24) is 10.2 Å². The molecule has 148 valence electrons. The topological polar surface area (TPSA) is 25.2 Å². The Morgan fingerprint density at radius 2 is 1.31 bits per heavy atom. The van der Waals surface area contributed by atoms with Crippen LogP contribution in [0.1, 0.15) is 42.4 Å². The summed E-state index contributed by atoms with van der Waals surface area (Å²) in [6.45, 7) is 2.28. The first-order valence-electron chi connectivity index (χ1n) is 11.0. The minimum atomic E-state index is -0.00758. The Bertz CT molecular complexity index is 864. The van der Waals surface area contributed by atoms with Crippen molar-refractivity contribution in [3.8, 4) is 0 Å². The van der Waals surface area contributed by atoms with Crippen LogP contribution in [0.3, 0.4) is 0 Å². The Balaban J connectivity index is 1.25. The van der Waals surface area contributed by atoms with E-state index in [-0.39, 0.29) is 5.54 Å². The van der Waals surface area contributed by atoms with Gasteiger partial charge in [-0.1, -0.05) is 91.0 Å². The van der Waals surface area contributed by atoms with Crippen LogP contribution in [0.25, 0.3) is 0 Å². The van der Waals surface area contributed by atoms with Gasteiger partial charge in [0, 0.05) is 18.6 Å². The molecular formula is C27H30N2. The fraction of sp³-hybridized carbons (Fsp3) is 0.333. The van der Waals surface area contributed by atoms with Gasteiger partial charge in [0.05, 0.1) is 5.54 Å². The van der Waals surface area contributed by atoms with Gasteiger partial charge < -0.3 is 0 Å². The average molecular weight is 383 g/mol. The monoisotopic (exact) mass is 382 g/mol. The maximum absolute atomic E-state index is 3.86.